The Morgan fingerprint density at radius 3 is 2.67 bits per heavy atom. The van der Waals surface area contributed by atoms with Gasteiger partial charge in [-0.2, -0.15) is 5.26 Å². The van der Waals surface area contributed by atoms with Crippen molar-refractivity contribution in [1.29, 1.82) is 5.26 Å². The summed E-state index contributed by atoms with van der Waals surface area (Å²) >= 11 is 0. The maximum absolute atomic E-state index is 12.1. The lowest BCUT2D eigenvalue weighted by atomic mass is 10.1. The number of benzene rings is 1. The van der Waals surface area contributed by atoms with E-state index < -0.39 is 5.54 Å². The molecule has 8 heteroatoms. The predicted molar refractivity (Wildman–Crippen MR) is 107 cm³/mol. The second-order valence-electron chi connectivity index (χ2n) is 7.47. The van der Waals surface area contributed by atoms with Crippen LogP contribution in [-0.2, 0) is 17.6 Å². The van der Waals surface area contributed by atoms with Crippen molar-refractivity contribution in [2.24, 2.45) is 0 Å². The summed E-state index contributed by atoms with van der Waals surface area (Å²) in [7, 11) is 0. The molecule has 0 bridgehead atoms. The Morgan fingerprint density at radius 1 is 1.10 bits per heavy atom. The van der Waals surface area contributed by atoms with Crippen molar-refractivity contribution >= 4 is 11.6 Å². The number of rotatable bonds is 6. The molecule has 1 aliphatic rings. The molecule has 0 unspecified atom stereocenters. The highest BCUT2D eigenvalue weighted by Gasteiger charge is 2.44. The number of carbonyl (C=O) groups excluding carboxylic acids is 1. The maximum atomic E-state index is 12.1. The summed E-state index contributed by atoms with van der Waals surface area (Å²) in [6, 6.07) is 16.3. The number of hydrogen-bond acceptors (Lipinski definition) is 6. The quantitative estimate of drug-likeness (QED) is 0.535. The van der Waals surface area contributed by atoms with Gasteiger partial charge in [-0.1, -0.05) is 30.3 Å². The molecule has 5 rings (SSSR count). The van der Waals surface area contributed by atoms with E-state index >= 15 is 0 Å². The Labute approximate surface area is 172 Å². The van der Waals surface area contributed by atoms with E-state index in [2.05, 4.69) is 38.7 Å². The van der Waals surface area contributed by atoms with Gasteiger partial charge in [0.2, 0.25) is 17.7 Å². The van der Waals surface area contributed by atoms with Gasteiger partial charge in [0.05, 0.1) is 18.2 Å². The third-order valence-corrected chi connectivity index (χ3v) is 5.10. The van der Waals surface area contributed by atoms with Gasteiger partial charge in [0, 0.05) is 12.4 Å². The number of amides is 1. The number of nitrogens with zero attached hydrogens (tertiary/aromatic N) is 5. The van der Waals surface area contributed by atoms with Crippen LogP contribution in [0.15, 0.2) is 59.3 Å². The highest BCUT2D eigenvalue weighted by atomic mass is 16.4. The first-order chi connectivity index (χ1) is 14.6. The lowest BCUT2D eigenvalue weighted by Crippen LogP contribution is -2.36. The summed E-state index contributed by atoms with van der Waals surface area (Å²) in [4.78, 5) is 16.7. The summed E-state index contributed by atoms with van der Waals surface area (Å²) in [6.07, 6.45) is 5.67. The Hall–Kier alpha value is -3.99. The molecule has 0 atom stereocenters. The van der Waals surface area contributed by atoms with Gasteiger partial charge >= 0.3 is 0 Å². The molecular formula is C22H18N6O2. The van der Waals surface area contributed by atoms with E-state index in [1.165, 1.54) is 0 Å². The summed E-state index contributed by atoms with van der Waals surface area (Å²) in [5.41, 5.74) is 3.16. The fourth-order valence-corrected chi connectivity index (χ4v) is 3.36. The van der Waals surface area contributed by atoms with E-state index in [1.807, 2.05) is 47.1 Å². The van der Waals surface area contributed by atoms with Crippen molar-refractivity contribution < 1.29 is 9.21 Å². The van der Waals surface area contributed by atoms with E-state index in [1.54, 1.807) is 0 Å². The normalized spacial score (nSPS) is 14.4. The zero-order valence-corrected chi connectivity index (χ0v) is 16.1. The first kappa shape index (κ1) is 18.1. The molecular weight excluding hydrogens is 380 g/mol. The van der Waals surface area contributed by atoms with Crippen LogP contribution in [0.25, 0.3) is 16.8 Å². The van der Waals surface area contributed by atoms with Crippen molar-refractivity contribution in [3.8, 4) is 17.2 Å². The fourth-order valence-electron chi connectivity index (χ4n) is 3.36. The van der Waals surface area contributed by atoms with Gasteiger partial charge in [0.1, 0.15) is 17.6 Å². The summed E-state index contributed by atoms with van der Waals surface area (Å²) < 4.78 is 7.57. The highest BCUT2D eigenvalue weighted by Crippen LogP contribution is 2.34. The molecule has 1 N–H and O–H groups in total. The molecule has 1 fully saturated rings. The van der Waals surface area contributed by atoms with Crippen molar-refractivity contribution in [2.75, 3.05) is 0 Å². The molecule has 3 heterocycles. The predicted octanol–water partition coefficient (Wildman–Crippen LogP) is 2.69. The molecule has 148 valence electrons. The van der Waals surface area contributed by atoms with Crippen molar-refractivity contribution in [1.82, 2.24) is 24.9 Å². The second-order valence-corrected chi connectivity index (χ2v) is 7.47. The Balaban J connectivity index is 1.28. The molecule has 0 spiro atoms. The third kappa shape index (κ3) is 3.65. The smallest absolute Gasteiger partial charge is 0.230 e. The third-order valence-electron chi connectivity index (χ3n) is 5.10. The molecule has 4 aromatic rings. The molecule has 1 amide bonds. The van der Waals surface area contributed by atoms with Gasteiger partial charge in [-0.15, -0.1) is 10.2 Å². The van der Waals surface area contributed by atoms with Crippen LogP contribution in [0.2, 0.25) is 0 Å². The van der Waals surface area contributed by atoms with Crippen LogP contribution in [0.4, 0.5) is 0 Å². The van der Waals surface area contributed by atoms with Gasteiger partial charge in [-0.05, 0) is 36.1 Å². The molecule has 0 radical (unpaired) electrons. The fraction of sp³-hybridized carbons (Fsp3) is 0.227. The average molecular weight is 398 g/mol. The van der Waals surface area contributed by atoms with Gasteiger partial charge in [-0.25, -0.2) is 4.98 Å². The standard InChI is InChI=1S/C22H18N6O2/c23-14-22(8-9-22)25-19(29)11-21-27-26-20(30-21)10-17-13-28-12-16(6-7-18(28)24-17)15-4-2-1-3-5-15/h1-7,12-13H,8-11H2,(H,25,29). The number of hydrogen-bond donors (Lipinski definition) is 1. The van der Waals surface area contributed by atoms with Crippen molar-refractivity contribution in [3.05, 3.63) is 72.3 Å². The van der Waals surface area contributed by atoms with Gasteiger partial charge in [-0.3, -0.25) is 4.79 Å². The molecule has 3 aromatic heterocycles. The molecule has 30 heavy (non-hydrogen) atoms. The largest absolute Gasteiger partial charge is 0.424 e. The minimum atomic E-state index is -0.699. The number of fused-ring (bicyclic) bond motifs is 1. The van der Waals surface area contributed by atoms with Crippen LogP contribution in [0.1, 0.15) is 30.3 Å². The first-order valence-corrected chi connectivity index (χ1v) is 9.69. The topological polar surface area (TPSA) is 109 Å². The average Bonchev–Trinajstić information content (AvgIpc) is 3.20. The Bertz CT molecular complexity index is 1260. The van der Waals surface area contributed by atoms with Gasteiger partial charge in [0.25, 0.3) is 0 Å². The van der Waals surface area contributed by atoms with Crippen LogP contribution in [0, 0.1) is 11.3 Å². The summed E-state index contributed by atoms with van der Waals surface area (Å²) in [5, 5.41) is 19.7. The SMILES string of the molecule is N#CC1(NC(=O)Cc2nnc(Cc3cn4cc(-c5ccccc5)ccc4n3)o2)CC1. The van der Waals surface area contributed by atoms with E-state index in [-0.39, 0.29) is 18.2 Å². The lowest BCUT2D eigenvalue weighted by Gasteiger charge is -2.06. The number of pyridine rings is 1. The van der Waals surface area contributed by atoms with E-state index in [0.29, 0.717) is 25.2 Å². The van der Waals surface area contributed by atoms with Crippen molar-refractivity contribution in [2.45, 2.75) is 31.2 Å². The zero-order valence-electron chi connectivity index (χ0n) is 16.1. The summed E-state index contributed by atoms with van der Waals surface area (Å²) in [5.74, 6) is 0.336. The maximum Gasteiger partial charge on any atom is 0.230 e. The minimum Gasteiger partial charge on any atom is -0.424 e. The number of imidazole rings is 1. The molecule has 8 nitrogen and oxygen atoms in total. The number of carbonyl (C=O) groups is 1. The summed E-state index contributed by atoms with van der Waals surface area (Å²) in [6.45, 7) is 0. The van der Waals surface area contributed by atoms with E-state index in [9.17, 15) is 4.79 Å². The van der Waals surface area contributed by atoms with Crippen LogP contribution in [0.3, 0.4) is 0 Å². The Kier molecular flexibility index (Phi) is 4.29. The van der Waals surface area contributed by atoms with Crippen LogP contribution in [0.5, 0.6) is 0 Å². The van der Waals surface area contributed by atoms with E-state index in [4.69, 9.17) is 9.68 Å². The van der Waals surface area contributed by atoms with Crippen LogP contribution >= 0.6 is 0 Å². The molecule has 0 saturated heterocycles. The monoisotopic (exact) mass is 398 g/mol. The second kappa shape index (κ2) is 7.12. The molecule has 1 aliphatic carbocycles. The minimum absolute atomic E-state index is 0.0397. The van der Waals surface area contributed by atoms with E-state index in [0.717, 1.165) is 22.5 Å². The number of nitriles is 1. The van der Waals surface area contributed by atoms with Gasteiger partial charge < -0.3 is 14.1 Å². The molecule has 1 saturated carbocycles. The Morgan fingerprint density at radius 2 is 1.90 bits per heavy atom. The van der Waals surface area contributed by atoms with Crippen LogP contribution in [-0.4, -0.2) is 31.0 Å². The number of nitrogens with one attached hydrogen (secondary N) is 1. The van der Waals surface area contributed by atoms with Crippen LogP contribution < -0.4 is 5.32 Å². The van der Waals surface area contributed by atoms with Gasteiger partial charge in [0.15, 0.2) is 0 Å². The molecule has 1 aromatic carbocycles. The first-order valence-electron chi connectivity index (χ1n) is 9.69. The molecule has 0 aliphatic heterocycles. The highest BCUT2D eigenvalue weighted by molar-refractivity contribution is 5.79. The van der Waals surface area contributed by atoms with Crippen molar-refractivity contribution in [3.63, 3.8) is 0 Å². The number of aromatic nitrogens is 4. The lowest BCUT2D eigenvalue weighted by molar-refractivity contribution is -0.121. The zero-order chi connectivity index (χ0) is 20.6.